The van der Waals surface area contributed by atoms with E-state index in [-0.39, 0.29) is 5.91 Å². The Labute approximate surface area is 126 Å². The van der Waals surface area contributed by atoms with Crippen LogP contribution in [-0.2, 0) is 4.79 Å². The molecular formula is C16H26N2OS. The topological polar surface area (TPSA) is 55.1 Å². The van der Waals surface area contributed by atoms with Gasteiger partial charge in [0.25, 0.3) is 0 Å². The van der Waals surface area contributed by atoms with Gasteiger partial charge in [-0.05, 0) is 23.0 Å². The van der Waals surface area contributed by atoms with Gasteiger partial charge < -0.3 is 11.1 Å². The minimum atomic E-state index is 0.0541. The van der Waals surface area contributed by atoms with E-state index in [1.165, 1.54) is 11.1 Å². The van der Waals surface area contributed by atoms with Crippen molar-refractivity contribution in [3.8, 4) is 0 Å². The standard InChI is InChI=1S/C16H26N2OS/c1-11(2)13-6-5-7-14(12(3)4)16(13)18-15(19)10-20-9-8-17/h5-7,11-12H,8-10,17H2,1-4H3,(H,18,19). The van der Waals surface area contributed by atoms with Crippen molar-refractivity contribution in [1.29, 1.82) is 0 Å². The molecule has 0 saturated carbocycles. The lowest BCUT2D eigenvalue weighted by Gasteiger charge is -2.20. The third kappa shape index (κ3) is 4.84. The number of nitrogens with two attached hydrogens (primary N) is 1. The van der Waals surface area contributed by atoms with Crippen LogP contribution < -0.4 is 11.1 Å². The molecule has 0 saturated heterocycles. The van der Waals surface area contributed by atoms with Crippen molar-refractivity contribution >= 4 is 23.4 Å². The highest BCUT2D eigenvalue weighted by Gasteiger charge is 2.15. The molecule has 1 amide bonds. The first-order valence-electron chi connectivity index (χ1n) is 7.17. The number of benzene rings is 1. The molecule has 0 aliphatic carbocycles. The van der Waals surface area contributed by atoms with Gasteiger partial charge in [0.2, 0.25) is 5.91 Å². The quantitative estimate of drug-likeness (QED) is 0.756. The van der Waals surface area contributed by atoms with Gasteiger partial charge in [-0.3, -0.25) is 4.79 Å². The van der Waals surface area contributed by atoms with Crippen molar-refractivity contribution in [3.63, 3.8) is 0 Å². The van der Waals surface area contributed by atoms with Gasteiger partial charge in [0.15, 0.2) is 0 Å². The molecule has 0 aromatic heterocycles. The Hall–Kier alpha value is -1.000. The first kappa shape index (κ1) is 17.1. The molecule has 3 nitrogen and oxygen atoms in total. The normalized spacial score (nSPS) is 11.2. The molecule has 0 aliphatic heterocycles. The number of hydrogen-bond donors (Lipinski definition) is 2. The van der Waals surface area contributed by atoms with Gasteiger partial charge in [0, 0.05) is 18.0 Å². The van der Waals surface area contributed by atoms with Crippen molar-refractivity contribution in [2.24, 2.45) is 5.73 Å². The smallest absolute Gasteiger partial charge is 0.234 e. The SMILES string of the molecule is CC(C)c1cccc(C(C)C)c1NC(=O)CSCCN. The lowest BCUT2D eigenvalue weighted by molar-refractivity contribution is -0.113. The predicted octanol–water partition coefficient (Wildman–Crippen LogP) is 3.56. The largest absolute Gasteiger partial charge is 0.330 e. The Morgan fingerprint density at radius 2 is 1.75 bits per heavy atom. The molecule has 3 N–H and O–H groups in total. The fourth-order valence-corrected chi connectivity index (χ4v) is 2.69. The van der Waals surface area contributed by atoms with E-state index in [0.717, 1.165) is 11.4 Å². The molecule has 1 aromatic carbocycles. The van der Waals surface area contributed by atoms with Gasteiger partial charge in [0.1, 0.15) is 0 Å². The van der Waals surface area contributed by atoms with Gasteiger partial charge in [-0.25, -0.2) is 0 Å². The monoisotopic (exact) mass is 294 g/mol. The number of thioether (sulfide) groups is 1. The number of carbonyl (C=O) groups excluding carboxylic acids is 1. The molecule has 0 bridgehead atoms. The number of amides is 1. The third-order valence-corrected chi connectivity index (χ3v) is 4.12. The summed E-state index contributed by atoms with van der Waals surface area (Å²) in [7, 11) is 0. The number of carbonyl (C=O) groups is 1. The van der Waals surface area contributed by atoms with Crippen molar-refractivity contribution in [3.05, 3.63) is 29.3 Å². The Morgan fingerprint density at radius 3 is 2.20 bits per heavy atom. The number of hydrogen-bond acceptors (Lipinski definition) is 3. The Bertz CT molecular complexity index is 418. The lowest BCUT2D eigenvalue weighted by atomic mass is 9.92. The molecule has 1 rings (SSSR count). The van der Waals surface area contributed by atoms with Crippen LogP contribution in [0.5, 0.6) is 0 Å². The third-order valence-electron chi connectivity index (χ3n) is 3.13. The molecule has 0 heterocycles. The summed E-state index contributed by atoms with van der Waals surface area (Å²) in [5.74, 6) is 2.11. The fourth-order valence-electron chi connectivity index (χ4n) is 2.12. The fraction of sp³-hybridized carbons (Fsp3) is 0.562. The second-order valence-electron chi connectivity index (χ2n) is 5.51. The molecule has 0 atom stereocenters. The summed E-state index contributed by atoms with van der Waals surface area (Å²) in [6, 6.07) is 6.27. The van der Waals surface area contributed by atoms with E-state index in [1.54, 1.807) is 11.8 Å². The molecule has 4 heteroatoms. The predicted molar refractivity (Wildman–Crippen MR) is 89.6 cm³/mol. The van der Waals surface area contributed by atoms with Crippen molar-refractivity contribution < 1.29 is 4.79 Å². The number of rotatable bonds is 7. The van der Waals surface area contributed by atoms with Gasteiger partial charge in [-0.15, -0.1) is 0 Å². The maximum atomic E-state index is 12.1. The summed E-state index contributed by atoms with van der Waals surface area (Å²) >= 11 is 1.57. The molecule has 0 aliphatic rings. The maximum absolute atomic E-state index is 12.1. The van der Waals surface area contributed by atoms with E-state index in [1.807, 2.05) is 0 Å². The minimum absolute atomic E-state index is 0.0541. The van der Waals surface area contributed by atoms with Gasteiger partial charge in [-0.2, -0.15) is 11.8 Å². The lowest BCUT2D eigenvalue weighted by Crippen LogP contribution is -2.18. The van der Waals surface area contributed by atoms with Gasteiger partial charge in [0.05, 0.1) is 5.75 Å². The summed E-state index contributed by atoms with van der Waals surface area (Å²) in [6.07, 6.45) is 0. The van der Waals surface area contributed by atoms with E-state index >= 15 is 0 Å². The van der Waals surface area contributed by atoms with E-state index in [4.69, 9.17) is 5.73 Å². The molecule has 1 aromatic rings. The maximum Gasteiger partial charge on any atom is 0.234 e. The van der Waals surface area contributed by atoms with Crippen LogP contribution in [0.15, 0.2) is 18.2 Å². The second kappa shape index (κ2) is 8.32. The number of para-hydroxylation sites is 1. The highest BCUT2D eigenvalue weighted by molar-refractivity contribution is 7.99. The van der Waals surface area contributed by atoms with Crippen LogP contribution in [0.3, 0.4) is 0 Å². The highest BCUT2D eigenvalue weighted by atomic mass is 32.2. The van der Waals surface area contributed by atoms with Crippen LogP contribution in [0.4, 0.5) is 5.69 Å². The van der Waals surface area contributed by atoms with E-state index in [2.05, 4.69) is 51.2 Å². The molecule has 0 radical (unpaired) electrons. The molecule has 0 fully saturated rings. The van der Waals surface area contributed by atoms with E-state index < -0.39 is 0 Å². The van der Waals surface area contributed by atoms with Crippen LogP contribution in [0, 0.1) is 0 Å². The summed E-state index contributed by atoms with van der Waals surface area (Å²) in [5.41, 5.74) is 8.84. The molecule has 0 unspecified atom stereocenters. The average Bonchev–Trinajstić information content (AvgIpc) is 2.38. The number of nitrogens with one attached hydrogen (secondary N) is 1. The Balaban J connectivity index is 2.93. The van der Waals surface area contributed by atoms with Gasteiger partial charge in [-0.1, -0.05) is 45.9 Å². The highest BCUT2D eigenvalue weighted by Crippen LogP contribution is 2.32. The second-order valence-corrected chi connectivity index (χ2v) is 6.62. The van der Waals surface area contributed by atoms with Crippen LogP contribution in [0.25, 0.3) is 0 Å². The van der Waals surface area contributed by atoms with Crippen LogP contribution in [-0.4, -0.2) is 24.0 Å². The minimum Gasteiger partial charge on any atom is -0.330 e. The summed E-state index contributed by atoms with van der Waals surface area (Å²) in [4.78, 5) is 12.1. The average molecular weight is 294 g/mol. The van der Waals surface area contributed by atoms with Crippen LogP contribution in [0.2, 0.25) is 0 Å². The Morgan fingerprint density at radius 1 is 1.20 bits per heavy atom. The molecule has 112 valence electrons. The zero-order chi connectivity index (χ0) is 15.1. The summed E-state index contributed by atoms with van der Waals surface area (Å²) in [5, 5.41) is 3.10. The molecule has 20 heavy (non-hydrogen) atoms. The summed E-state index contributed by atoms with van der Waals surface area (Å²) < 4.78 is 0. The van der Waals surface area contributed by atoms with E-state index in [0.29, 0.717) is 24.1 Å². The number of anilines is 1. The van der Waals surface area contributed by atoms with Crippen LogP contribution in [0.1, 0.15) is 50.7 Å². The van der Waals surface area contributed by atoms with Crippen molar-refractivity contribution in [1.82, 2.24) is 0 Å². The molecular weight excluding hydrogens is 268 g/mol. The van der Waals surface area contributed by atoms with Gasteiger partial charge >= 0.3 is 0 Å². The Kier molecular flexibility index (Phi) is 7.10. The van der Waals surface area contributed by atoms with Crippen molar-refractivity contribution in [2.75, 3.05) is 23.4 Å². The van der Waals surface area contributed by atoms with Crippen molar-refractivity contribution in [2.45, 2.75) is 39.5 Å². The zero-order valence-corrected chi connectivity index (χ0v) is 13.7. The van der Waals surface area contributed by atoms with Crippen LogP contribution >= 0.6 is 11.8 Å². The first-order valence-corrected chi connectivity index (χ1v) is 8.33. The summed E-state index contributed by atoms with van der Waals surface area (Å²) in [6.45, 7) is 9.21. The first-order chi connectivity index (χ1) is 9.47. The molecule has 0 spiro atoms. The van der Waals surface area contributed by atoms with E-state index in [9.17, 15) is 4.79 Å². The zero-order valence-electron chi connectivity index (χ0n) is 12.9.